The first kappa shape index (κ1) is 22.5. The number of rotatable bonds is 6. The summed E-state index contributed by atoms with van der Waals surface area (Å²) in [6.07, 6.45) is 1.63. The molecule has 1 radical (unpaired) electrons. The van der Waals surface area contributed by atoms with Gasteiger partial charge in [-0.3, -0.25) is 9.36 Å². The minimum absolute atomic E-state index is 0.0134. The second-order valence-corrected chi connectivity index (χ2v) is 11.0. The number of carbonyl (C=O) groups is 1. The second-order valence-electron chi connectivity index (χ2n) is 9.41. The molecule has 0 aliphatic carbocycles. The van der Waals surface area contributed by atoms with Crippen molar-refractivity contribution in [1.29, 1.82) is 0 Å². The Bertz CT molecular complexity index is 903. The van der Waals surface area contributed by atoms with E-state index in [2.05, 4.69) is 47.6 Å². The Morgan fingerprint density at radius 3 is 2.21 bits per heavy atom. The van der Waals surface area contributed by atoms with Crippen LogP contribution >= 0.6 is 7.80 Å². The lowest BCUT2D eigenvalue weighted by molar-refractivity contribution is 0.103. The molecule has 2 unspecified atom stereocenters. The Labute approximate surface area is 171 Å². The first-order chi connectivity index (χ1) is 12.9. The van der Waals surface area contributed by atoms with E-state index in [1.165, 1.54) is 5.56 Å². The van der Waals surface area contributed by atoms with Crippen molar-refractivity contribution in [2.24, 2.45) is 11.3 Å². The van der Waals surface area contributed by atoms with Gasteiger partial charge >= 0.3 is 0 Å². The topological polar surface area (TPSA) is 34.1 Å². The average Bonchev–Trinajstić information content (AvgIpc) is 2.58. The minimum Gasteiger partial charge on any atom is -0.289 e. The van der Waals surface area contributed by atoms with Crippen LogP contribution in [-0.4, -0.2) is 11.9 Å². The molecule has 0 aliphatic rings. The average molecular weight is 398 g/mol. The molecule has 0 N–H and O–H groups in total. The highest BCUT2D eigenvalue weighted by atomic mass is 31.1. The van der Waals surface area contributed by atoms with E-state index in [4.69, 9.17) is 0 Å². The van der Waals surface area contributed by atoms with Gasteiger partial charge in [-0.2, -0.15) is 0 Å². The molecule has 0 aliphatic heterocycles. The van der Waals surface area contributed by atoms with Gasteiger partial charge in [0.05, 0.1) is 0 Å². The Balaban J connectivity index is 2.41. The summed E-state index contributed by atoms with van der Waals surface area (Å²) in [6.45, 7) is 16.9. The predicted octanol–water partition coefficient (Wildman–Crippen LogP) is 6.68. The molecule has 2 nitrogen and oxygen atoms in total. The van der Waals surface area contributed by atoms with Gasteiger partial charge < -0.3 is 0 Å². The van der Waals surface area contributed by atoms with E-state index < -0.39 is 7.80 Å². The molecule has 0 amide bonds. The Kier molecular flexibility index (Phi) is 6.99. The van der Waals surface area contributed by atoms with Crippen LogP contribution in [0.3, 0.4) is 0 Å². The fraction of sp³-hybridized carbons (Fsp3) is 0.480. The summed E-state index contributed by atoms with van der Waals surface area (Å²) in [6, 6.07) is 9.51. The van der Waals surface area contributed by atoms with Crippen molar-refractivity contribution in [3.8, 4) is 0 Å². The second kappa shape index (κ2) is 8.70. The fourth-order valence-corrected chi connectivity index (χ4v) is 5.73. The largest absolute Gasteiger partial charge is 0.289 e. The smallest absolute Gasteiger partial charge is 0.194 e. The van der Waals surface area contributed by atoms with Gasteiger partial charge in [-0.05, 0) is 79.8 Å². The van der Waals surface area contributed by atoms with Crippen LogP contribution in [0.4, 0.5) is 0 Å². The molecule has 0 bridgehead atoms. The summed E-state index contributed by atoms with van der Waals surface area (Å²) in [5, 5.41) is 0.695. The highest BCUT2D eigenvalue weighted by Crippen LogP contribution is 2.33. The molecule has 2 aromatic rings. The Hall–Kier alpha value is -1.79. The molecule has 0 fully saturated rings. The van der Waals surface area contributed by atoms with E-state index in [-0.39, 0.29) is 11.2 Å². The molecular weight excluding hydrogens is 363 g/mol. The predicted molar refractivity (Wildman–Crippen MR) is 121 cm³/mol. The normalized spacial score (nSPS) is 13.4. The quantitative estimate of drug-likeness (QED) is 0.403. The van der Waals surface area contributed by atoms with E-state index in [1.54, 1.807) is 0 Å². The van der Waals surface area contributed by atoms with Gasteiger partial charge in [0.15, 0.2) is 5.78 Å². The zero-order chi connectivity index (χ0) is 21.2. The molecule has 0 heterocycles. The molecule has 3 heteroatoms. The molecule has 0 saturated heterocycles. The van der Waals surface area contributed by atoms with Crippen molar-refractivity contribution in [2.45, 2.75) is 61.8 Å². The van der Waals surface area contributed by atoms with E-state index in [9.17, 15) is 9.36 Å². The van der Waals surface area contributed by atoms with Gasteiger partial charge in [0, 0.05) is 22.6 Å². The van der Waals surface area contributed by atoms with Crippen LogP contribution in [-0.2, 0) is 4.57 Å². The number of hydrogen-bond acceptors (Lipinski definition) is 2. The van der Waals surface area contributed by atoms with Crippen LogP contribution in [0, 0.1) is 39.0 Å². The number of hydrogen-bond donors (Lipinski definition) is 0. The maximum absolute atomic E-state index is 13.5. The summed E-state index contributed by atoms with van der Waals surface area (Å²) in [7, 11) is -1.62. The van der Waals surface area contributed by atoms with Crippen LogP contribution in [0.5, 0.6) is 0 Å². The number of benzene rings is 2. The SMILES string of the molecule is Cc1cc(C)c(C(=O)c2ccccc2[P](=O)CC(C)CC(C)(C)C)c(C)c1C. The molecule has 28 heavy (non-hydrogen) atoms. The number of ketones is 1. The maximum atomic E-state index is 13.5. The van der Waals surface area contributed by atoms with Crippen molar-refractivity contribution >= 4 is 18.9 Å². The Morgan fingerprint density at radius 2 is 1.61 bits per heavy atom. The monoisotopic (exact) mass is 397 g/mol. The van der Waals surface area contributed by atoms with E-state index in [0.29, 0.717) is 22.9 Å². The molecule has 2 rings (SSSR count). The Morgan fingerprint density at radius 1 is 1.00 bits per heavy atom. The highest BCUT2D eigenvalue weighted by Gasteiger charge is 2.24. The van der Waals surface area contributed by atoms with E-state index in [1.807, 2.05) is 38.1 Å². The zero-order valence-electron chi connectivity index (χ0n) is 18.6. The standard InChI is InChI=1S/C25H34O2P/c1-16(14-25(6,7)8)15-28(27)22-12-10-9-11-21(22)24(26)23-18(3)13-17(2)19(4)20(23)5/h9-13,16H,14-15H2,1-8H3. The summed E-state index contributed by atoms with van der Waals surface area (Å²) in [4.78, 5) is 13.5. The molecule has 2 aromatic carbocycles. The van der Waals surface area contributed by atoms with Crippen LogP contribution in [0.25, 0.3) is 0 Å². The number of carbonyl (C=O) groups excluding carboxylic acids is 1. The van der Waals surface area contributed by atoms with Crippen molar-refractivity contribution < 1.29 is 9.36 Å². The van der Waals surface area contributed by atoms with Gasteiger partial charge in [-0.1, -0.05) is 45.9 Å². The highest BCUT2D eigenvalue weighted by molar-refractivity contribution is 7.53. The van der Waals surface area contributed by atoms with Crippen molar-refractivity contribution in [2.75, 3.05) is 6.16 Å². The molecule has 2 atom stereocenters. The first-order valence-corrected chi connectivity index (χ1v) is 11.5. The summed E-state index contributed by atoms with van der Waals surface area (Å²) >= 11 is 0. The summed E-state index contributed by atoms with van der Waals surface area (Å²) in [5.41, 5.74) is 5.89. The lowest BCUT2D eigenvalue weighted by Gasteiger charge is -2.23. The lowest BCUT2D eigenvalue weighted by atomic mass is 9.86. The van der Waals surface area contributed by atoms with Gasteiger partial charge in [0.1, 0.15) is 7.80 Å². The van der Waals surface area contributed by atoms with Gasteiger partial charge in [0.25, 0.3) is 0 Å². The molecule has 0 saturated carbocycles. The van der Waals surface area contributed by atoms with Crippen LogP contribution in [0.1, 0.15) is 72.3 Å². The van der Waals surface area contributed by atoms with Gasteiger partial charge in [0.2, 0.25) is 0 Å². The van der Waals surface area contributed by atoms with Crippen LogP contribution < -0.4 is 5.30 Å². The van der Waals surface area contributed by atoms with Crippen molar-refractivity contribution in [3.63, 3.8) is 0 Å². The van der Waals surface area contributed by atoms with E-state index in [0.717, 1.165) is 28.7 Å². The van der Waals surface area contributed by atoms with Crippen molar-refractivity contribution in [1.82, 2.24) is 0 Å². The minimum atomic E-state index is -1.62. The third kappa shape index (κ3) is 5.17. The van der Waals surface area contributed by atoms with E-state index >= 15 is 0 Å². The molecular formula is C25H34O2P. The maximum Gasteiger partial charge on any atom is 0.194 e. The third-order valence-electron chi connectivity index (χ3n) is 5.44. The summed E-state index contributed by atoms with van der Waals surface area (Å²) in [5.74, 6) is 0.331. The van der Waals surface area contributed by atoms with Crippen LogP contribution in [0.2, 0.25) is 0 Å². The lowest BCUT2D eigenvalue weighted by Crippen LogP contribution is -2.19. The van der Waals surface area contributed by atoms with Crippen LogP contribution in [0.15, 0.2) is 30.3 Å². The first-order valence-electron chi connectivity index (χ1n) is 10.1. The molecule has 0 spiro atoms. The van der Waals surface area contributed by atoms with Gasteiger partial charge in [-0.15, -0.1) is 0 Å². The van der Waals surface area contributed by atoms with Crippen molar-refractivity contribution in [3.05, 3.63) is 63.7 Å². The third-order valence-corrected chi connectivity index (χ3v) is 7.32. The zero-order valence-corrected chi connectivity index (χ0v) is 19.5. The summed E-state index contributed by atoms with van der Waals surface area (Å²) < 4.78 is 13.2. The molecule has 0 aromatic heterocycles. The fourth-order valence-electron chi connectivity index (χ4n) is 4.14. The molecule has 151 valence electrons. The van der Waals surface area contributed by atoms with Gasteiger partial charge in [-0.25, -0.2) is 0 Å². The number of aryl methyl sites for hydroxylation is 2.